The Morgan fingerprint density at radius 1 is 1.58 bits per heavy atom. The van der Waals surface area contributed by atoms with Crippen molar-refractivity contribution in [1.82, 2.24) is 10.2 Å². The molecule has 12 heavy (non-hydrogen) atoms. The first-order valence-corrected chi connectivity index (χ1v) is 5.09. The van der Waals surface area contributed by atoms with Crippen LogP contribution in [0, 0.1) is 0 Å². The highest BCUT2D eigenvalue weighted by Gasteiger charge is 2.15. The standard InChI is InChI=1S/C9H13BrN2/c1-3-8(7(2)10)9-5-4-6-11-12-9/h4-8H,3H2,1-2H3. The minimum atomic E-state index is 0.458. The lowest BCUT2D eigenvalue weighted by atomic mass is 9.99. The van der Waals surface area contributed by atoms with Crippen molar-refractivity contribution in [3.8, 4) is 0 Å². The molecule has 0 amide bonds. The number of rotatable bonds is 3. The fraction of sp³-hybridized carbons (Fsp3) is 0.556. The summed E-state index contributed by atoms with van der Waals surface area (Å²) >= 11 is 3.57. The predicted octanol–water partition coefficient (Wildman–Crippen LogP) is 2.75. The van der Waals surface area contributed by atoms with Gasteiger partial charge in [-0.3, -0.25) is 0 Å². The molecular weight excluding hydrogens is 216 g/mol. The number of alkyl halides is 1. The minimum absolute atomic E-state index is 0.458. The van der Waals surface area contributed by atoms with Gasteiger partial charge in [-0.1, -0.05) is 29.8 Å². The van der Waals surface area contributed by atoms with E-state index in [4.69, 9.17) is 0 Å². The second-order valence-corrected chi connectivity index (χ2v) is 4.29. The van der Waals surface area contributed by atoms with Gasteiger partial charge in [0.15, 0.2) is 0 Å². The number of nitrogens with zero attached hydrogens (tertiary/aromatic N) is 2. The second kappa shape index (κ2) is 4.55. The van der Waals surface area contributed by atoms with E-state index in [2.05, 4.69) is 40.0 Å². The zero-order chi connectivity index (χ0) is 8.97. The molecule has 0 aliphatic rings. The van der Waals surface area contributed by atoms with Crippen LogP contribution in [0.5, 0.6) is 0 Å². The van der Waals surface area contributed by atoms with Crippen LogP contribution in [0.1, 0.15) is 31.9 Å². The number of halogens is 1. The number of hydrogen-bond acceptors (Lipinski definition) is 2. The average molecular weight is 229 g/mol. The van der Waals surface area contributed by atoms with E-state index in [9.17, 15) is 0 Å². The molecule has 0 N–H and O–H groups in total. The van der Waals surface area contributed by atoms with Crippen LogP contribution in [0.2, 0.25) is 0 Å². The van der Waals surface area contributed by atoms with Crippen LogP contribution in [0.3, 0.4) is 0 Å². The van der Waals surface area contributed by atoms with E-state index in [1.165, 1.54) is 0 Å². The van der Waals surface area contributed by atoms with Crippen LogP contribution < -0.4 is 0 Å². The van der Waals surface area contributed by atoms with E-state index in [0.29, 0.717) is 10.7 Å². The number of hydrogen-bond donors (Lipinski definition) is 0. The Morgan fingerprint density at radius 3 is 2.75 bits per heavy atom. The first kappa shape index (κ1) is 9.65. The first-order valence-electron chi connectivity index (χ1n) is 4.17. The summed E-state index contributed by atoms with van der Waals surface area (Å²) in [5, 5.41) is 7.96. The highest BCUT2D eigenvalue weighted by atomic mass is 79.9. The molecule has 1 aromatic rings. The SMILES string of the molecule is CCC(c1cccnn1)C(C)Br. The monoisotopic (exact) mass is 228 g/mol. The summed E-state index contributed by atoms with van der Waals surface area (Å²) < 4.78 is 0. The molecule has 2 unspecified atom stereocenters. The lowest BCUT2D eigenvalue weighted by Crippen LogP contribution is -2.09. The van der Waals surface area contributed by atoms with Gasteiger partial charge in [0.1, 0.15) is 0 Å². The summed E-state index contributed by atoms with van der Waals surface area (Å²) in [5.74, 6) is 0.471. The van der Waals surface area contributed by atoms with Crippen molar-refractivity contribution >= 4 is 15.9 Å². The quantitative estimate of drug-likeness (QED) is 0.744. The molecule has 0 saturated carbocycles. The van der Waals surface area contributed by atoms with Crippen LogP contribution in [0.15, 0.2) is 18.3 Å². The van der Waals surface area contributed by atoms with Crippen LogP contribution >= 0.6 is 15.9 Å². The molecule has 3 heteroatoms. The fourth-order valence-corrected chi connectivity index (χ4v) is 1.93. The summed E-state index contributed by atoms with van der Waals surface area (Å²) in [6.45, 7) is 4.31. The molecule has 0 aliphatic carbocycles. The lowest BCUT2D eigenvalue weighted by molar-refractivity contribution is 0.632. The molecule has 0 fully saturated rings. The van der Waals surface area contributed by atoms with E-state index < -0.39 is 0 Å². The van der Waals surface area contributed by atoms with E-state index in [1.54, 1.807) is 6.20 Å². The van der Waals surface area contributed by atoms with E-state index >= 15 is 0 Å². The van der Waals surface area contributed by atoms with Gasteiger partial charge in [0.2, 0.25) is 0 Å². The smallest absolute Gasteiger partial charge is 0.0672 e. The summed E-state index contributed by atoms with van der Waals surface area (Å²) in [4.78, 5) is 0.458. The van der Waals surface area contributed by atoms with Crippen molar-refractivity contribution in [2.24, 2.45) is 0 Å². The average Bonchev–Trinajstić information content (AvgIpc) is 2.07. The Hall–Kier alpha value is -0.440. The van der Waals surface area contributed by atoms with Gasteiger partial charge in [-0.2, -0.15) is 10.2 Å². The molecule has 1 heterocycles. The molecule has 0 spiro atoms. The van der Waals surface area contributed by atoms with Gasteiger partial charge < -0.3 is 0 Å². The summed E-state index contributed by atoms with van der Waals surface area (Å²) in [6.07, 6.45) is 2.79. The molecule has 0 aliphatic heterocycles. The van der Waals surface area contributed by atoms with Crippen molar-refractivity contribution in [2.75, 3.05) is 0 Å². The van der Waals surface area contributed by atoms with Gasteiger partial charge in [0.05, 0.1) is 5.69 Å². The maximum atomic E-state index is 4.09. The molecular formula is C9H13BrN2. The second-order valence-electron chi connectivity index (χ2n) is 2.84. The largest absolute Gasteiger partial charge is 0.159 e. The van der Waals surface area contributed by atoms with Gasteiger partial charge in [-0.15, -0.1) is 0 Å². The summed E-state index contributed by atoms with van der Waals surface area (Å²) in [6, 6.07) is 3.96. The molecule has 0 saturated heterocycles. The Bertz CT molecular complexity index is 223. The van der Waals surface area contributed by atoms with Crippen molar-refractivity contribution in [3.63, 3.8) is 0 Å². The van der Waals surface area contributed by atoms with E-state index in [0.717, 1.165) is 12.1 Å². The highest BCUT2D eigenvalue weighted by Crippen LogP contribution is 2.25. The van der Waals surface area contributed by atoms with Gasteiger partial charge in [-0.05, 0) is 18.6 Å². The first-order chi connectivity index (χ1) is 5.75. The molecule has 2 nitrogen and oxygen atoms in total. The van der Waals surface area contributed by atoms with Gasteiger partial charge in [0.25, 0.3) is 0 Å². The van der Waals surface area contributed by atoms with Crippen molar-refractivity contribution in [2.45, 2.75) is 31.0 Å². The van der Waals surface area contributed by atoms with Crippen LogP contribution in [-0.4, -0.2) is 15.0 Å². The summed E-state index contributed by atoms with van der Waals surface area (Å²) in [5.41, 5.74) is 1.07. The van der Waals surface area contributed by atoms with Crippen LogP contribution in [0.4, 0.5) is 0 Å². The Morgan fingerprint density at radius 2 is 2.33 bits per heavy atom. The Labute approximate surface area is 81.5 Å². The molecule has 1 aromatic heterocycles. The topological polar surface area (TPSA) is 25.8 Å². The maximum absolute atomic E-state index is 4.09. The van der Waals surface area contributed by atoms with Crippen molar-refractivity contribution in [1.29, 1.82) is 0 Å². The van der Waals surface area contributed by atoms with Gasteiger partial charge >= 0.3 is 0 Å². The van der Waals surface area contributed by atoms with Crippen LogP contribution in [-0.2, 0) is 0 Å². The summed E-state index contributed by atoms with van der Waals surface area (Å²) in [7, 11) is 0. The molecule has 0 bridgehead atoms. The van der Waals surface area contributed by atoms with Crippen molar-refractivity contribution < 1.29 is 0 Å². The zero-order valence-corrected chi connectivity index (χ0v) is 8.95. The Kier molecular flexibility index (Phi) is 3.66. The fourth-order valence-electron chi connectivity index (χ4n) is 1.28. The third-order valence-corrected chi connectivity index (χ3v) is 2.61. The lowest BCUT2D eigenvalue weighted by Gasteiger charge is -2.15. The zero-order valence-electron chi connectivity index (χ0n) is 7.37. The molecule has 1 rings (SSSR count). The Balaban J connectivity index is 2.80. The maximum Gasteiger partial charge on any atom is 0.0672 e. The van der Waals surface area contributed by atoms with Gasteiger partial charge in [0, 0.05) is 16.9 Å². The highest BCUT2D eigenvalue weighted by molar-refractivity contribution is 9.09. The van der Waals surface area contributed by atoms with Gasteiger partial charge in [-0.25, -0.2) is 0 Å². The third kappa shape index (κ3) is 2.27. The predicted molar refractivity (Wildman–Crippen MR) is 53.5 cm³/mol. The van der Waals surface area contributed by atoms with E-state index in [1.807, 2.05) is 12.1 Å². The number of aromatic nitrogens is 2. The van der Waals surface area contributed by atoms with E-state index in [-0.39, 0.29) is 0 Å². The molecule has 0 aromatic carbocycles. The minimum Gasteiger partial charge on any atom is -0.159 e. The normalized spacial score (nSPS) is 15.6. The molecule has 0 radical (unpaired) electrons. The van der Waals surface area contributed by atoms with Crippen molar-refractivity contribution in [3.05, 3.63) is 24.0 Å². The third-order valence-electron chi connectivity index (χ3n) is 1.97. The molecule has 66 valence electrons. The van der Waals surface area contributed by atoms with Crippen LogP contribution in [0.25, 0.3) is 0 Å². The molecule has 2 atom stereocenters.